The van der Waals surface area contributed by atoms with Crippen LogP contribution in [0.4, 0.5) is 4.79 Å². The molecule has 1 aliphatic rings. The Balaban J connectivity index is 2.59. The Labute approximate surface area is 108 Å². The Morgan fingerprint density at radius 2 is 2.41 bits per heavy atom. The second kappa shape index (κ2) is 3.92. The Hall–Kier alpha value is -1.75. The average molecular weight is 243 g/mol. The Morgan fingerprint density at radius 3 is 3.06 bits per heavy atom. The van der Waals surface area contributed by atoms with Crippen LogP contribution in [-0.4, -0.2) is 23.8 Å². The van der Waals surface area contributed by atoms with Gasteiger partial charge < -0.3 is 19.9 Å². The molecule has 0 aromatic heterocycles. The minimum absolute atomic E-state index is 0.0707. The monoisotopic (exact) mass is 243 g/mol. The van der Waals surface area contributed by atoms with E-state index < -0.39 is 31.5 Å². The van der Waals surface area contributed by atoms with Crippen molar-refractivity contribution in [1.29, 1.82) is 0 Å². The molecule has 1 heterocycles. The van der Waals surface area contributed by atoms with Gasteiger partial charge in [0.25, 0.3) is 0 Å². The fourth-order valence-electron chi connectivity index (χ4n) is 1.52. The molecular formula is C12H15NO4. The van der Waals surface area contributed by atoms with Crippen molar-refractivity contribution in [3.8, 4) is 11.5 Å². The highest BCUT2D eigenvalue weighted by molar-refractivity contribution is 5.71. The summed E-state index contributed by atoms with van der Waals surface area (Å²) in [6, 6.07) is 4.00. The maximum absolute atomic E-state index is 11.3. The molecule has 0 spiro atoms. The molecule has 0 aliphatic carbocycles. The van der Waals surface area contributed by atoms with Crippen molar-refractivity contribution in [3.63, 3.8) is 0 Å². The summed E-state index contributed by atoms with van der Waals surface area (Å²) in [6.07, 6.45) is -2.79. The van der Waals surface area contributed by atoms with Crippen molar-refractivity contribution in [2.24, 2.45) is 0 Å². The summed E-state index contributed by atoms with van der Waals surface area (Å²) in [6.45, 7) is -6.30. The maximum Gasteiger partial charge on any atom is 0.412 e. The maximum atomic E-state index is 11.3. The first kappa shape index (κ1) is 6.26. The van der Waals surface area contributed by atoms with E-state index in [0.29, 0.717) is 0 Å². The first-order chi connectivity index (χ1) is 10.5. The molecule has 0 fully saturated rings. The number of carbonyl (C=O) groups is 1. The van der Waals surface area contributed by atoms with Crippen LogP contribution in [0.2, 0.25) is 0 Å². The van der Waals surface area contributed by atoms with Crippen LogP contribution < -0.4 is 14.8 Å². The van der Waals surface area contributed by atoms with Crippen molar-refractivity contribution in [2.45, 2.75) is 25.4 Å². The zero-order valence-electron chi connectivity index (χ0n) is 15.0. The molecule has 92 valence electrons. The van der Waals surface area contributed by atoms with Gasteiger partial charge in [0.2, 0.25) is 0 Å². The summed E-state index contributed by atoms with van der Waals surface area (Å²) < 4.78 is 55.5. The van der Waals surface area contributed by atoms with Gasteiger partial charge in [0, 0.05) is 20.8 Å². The summed E-state index contributed by atoms with van der Waals surface area (Å²) in [5.74, 6) is -0.466. The van der Waals surface area contributed by atoms with Crippen LogP contribution >= 0.6 is 0 Å². The van der Waals surface area contributed by atoms with E-state index in [4.69, 9.17) is 17.7 Å². The summed E-state index contributed by atoms with van der Waals surface area (Å²) in [5, 5.41) is 12.6. The number of ether oxygens (including phenoxy) is 2. The lowest BCUT2D eigenvalue weighted by Gasteiger charge is -2.21. The SMILES string of the molecule is [2H]C([2H])([2H])C1(C([2H])([2H])[2H])Oc2c(OC(=O)NC)cccc2C1O. The van der Waals surface area contributed by atoms with E-state index in [-0.39, 0.29) is 17.1 Å². The molecule has 0 bridgehead atoms. The minimum Gasteiger partial charge on any atom is -0.480 e. The van der Waals surface area contributed by atoms with Crippen LogP contribution in [0.5, 0.6) is 11.5 Å². The highest BCUT2D eigenvalue weighted by Gasteiger charge is 2.41. The molecule has 0 radical (unpaired) electrons. The van der Waals surface area contributed by atoms with Gasteiger partial charge in [0.1, 0.15) is 11.7 Å². The zero-order chi connectivity index (χ0) is 17.6. The number of hydrogen-bond acceptors (Lipinski definition) is 4. The Morgan fingerprint density at radius 1 is 1.65 bits per heavy atom. The molecule has 0 saturated heterocycles. The van der Waals surface area contributed by atoms with E-state index in [1.165, 1.54) is 25.2 Å². The van der Waals surface area contributed by atoms with E-state index in [2.05, 4.69) is 5.32 Å². The molecule has 5 heteroatoms. The average Bonchev–Trinajstić information content (AvgIpc) is 2.73. The van der Waals surface area contributed by atoms with E-state index in [9.17, 15) is 9.90 Å². The number of hydrogen-bond donors (Lipinski definition) is 2. The molecule has 0 saturated carbocycles. The Kier molecular flexibility index (Phi) is 1.44. The van der Waals surface area contributed by atoms with Gasteiger partial charge in [0.05, 0.1) is 0 Å². The van der Waals surface area contributed by atoms with Crippen molar-refractivity contribution < 1.29 is 27.6 Å². The smallest absolute Gasteiger partial charge is 0.412 e. The normalized spacial score (nSPS) is 27.1. The van der Waals surface area contributed by atoms with Crippen LogP contribution in [0.15, 0.2) is 18.2 Å². The van der Waals surface area contributed by atoms with E-state index in [1.54, 1.807) is 0 Å². The third-order valence-electron chi connectivity index (χ3n) is 2.36. The standard InChI is InChI=1S/C12H15NO4/c1-12(2)10(14)7-5-4-6-8(9(7)17-12)16-11(15)13-3/h4-6,10,14H,1-3H3,(H,13,15)/i1D3,2D3. The van der Waals surface area contributed by atoms with Crippen molar-refractivity contribution >= 4 is 6.09 Å². The largest absolute Gasteiger partial charge is 0.480 e. The first-order valence-corrected chi connectivity index (χ1v) is 4.85. The van der Waals surface area contributed by atoms with Gasteiger partial charge in [-0.1, -0.05) is 12.1 Å². The first-order valence-electron chi connectivity index (χ1n) is 7.85. The van der Waals surface area contributed by atoms with Crippen molar-refractivity contribution in [2.75, 3.05) is 7.05 Å². The predicted molar refractivity (Wildman–Crippen MR) is 61.2 cm³/mol. The second-order valence-corrected chi connectivity index (χ2v) is 3.55. The minimum atomic E-state index is -3.15. The molecule has 1 aromatic rings. The molecule has 5 nitrogen and oxygen atoms in total. The summed E-state index contributed by atoms with van der Waals surface area (Å²) in [7, 11) is 1.32. The second-order valence-electron chi connectivity index (χ2n) is 3.55. The number of aliphatic hydroxyl groups excluding tert-OH is 1. The lowest BCUT2D eigenvalue weighted by Crippen LogP contribution is -2.30. The molecule has 2 rings (SSSR count). The lowest BCUT2D eigenvalue weighted by molar-refractivity contribution is -0.000177. The van der Waals surface area contributed by atoms with Gasteiger partial charge in [0.15, 0.2) is 11.5 Å². The molecule has 1 unspecified atom stereocenters. The summed E-state index contributed by atoms with van der Waals surface area (Å²) in [4.78, 5) is 11.3. The van der Waals surface area contributed by atoms with Crippen LogP contribution in [0.3, 0.4) is 0 Å². The van der Waals surface area contributed by atoms with Crippen LogP contribution in [0, 0.1) is 0 Å². The fourth-order valence-corrected chi connectivity index (χ4v) is 1.52. The number of amides is 1. The molecular weight excluding hydrogens is 222 g/mol. The van der Waals surface area contributed by atoms with Gasteiger partial charge in [-0.2, -0.15) is 0 Å². The van der Waals surface area contributed by atoms with Crippen LogP contribution in [0.25, 0.3) is 0 Å². The van der Waals surface area contributed by atoms with Crippen LogP contribution in [0.1, 0.15) is 33.6 Å². The third kappa shape index (κ3) is 1.93. The molecule has 2 N–H and O–H groups in total. The summed E-state index contributed by atoms with van der Waals surface area (Å²) >= 11 is 0. The topological polar surface area (TPSA) is 67.8 Å². The molecule has 1 atom stereocenters. The van der Waals surface area contributed by atoms with E-state index in [1.807, 2.05) is 0 Å². The fraction of sp³-hybridized carbons (Fsp3) is 0.417. The quantitative estimate of drug-likeness (QED) is 0.786. The predicted octanol–water partition coefficient (Wildman–Crippen LogP) is 1.61. The van der Waals surface area contributed by atoms with Crippen molar-refractivity contribution in [3.05, 3.63) is 23.8 Å². The van der Waals surface area contributed by atoms with Gasteiger partial charge in [-0.15, -0.1) is 0 Å². The highest BCUT2D eigenvalue weighted by atomic mass is 16.6. The molecule has 1 aromatic carbocycles. The third-order valence-corrected chi connectivity index (χ3v) is 2.36. The summed E-state index contributed by atoms with van der Waals surface area (Å²) in [5.41, 5.74) is -2.91. The van der Waals surface area contributed by atoms with E-state index >= 15 is 0 Å². The van der Waals surface area contributed by atoms with Gasteiger partial charge in [-0.05, 0) is 19.8 Å². The highest BCUT2D eigenvalue weighted by Crippen LogP contribution is 2.47. The van der Waals surface area contributed by atoms with Gasteiger partial charge in [-0.25, -0.2) is 4.79 Å². The Bertz CT molecular complexity index is 613. The molecule has 17 heavy (non-hydrogen) atoms. The number of para-hydroxylation sites is 1. The lowest BCUT2D eigenvalue weighted by atomic mass is 9.98. The molecule has 1 amide bonds. The van der Waals surface area contributed by atoms with E-state index in [0.717, 1.165) is 0 Å². The number of carbonyl (C=O) groups excluding carboxylic acids is 1. The molecule has 1 aliphatic heterocycles. The number of fused-ring (bicyclic) bond motifs is 1. The zero-order valence-corrected chi connectivity index (χ0v) is 8.98. The van der Waals surface area contributed by atoms with Crippen molar-refractivity contribution in [1.82, 2.24) is 5.32 Å². The van der Waals surface area contributed by atoms with Gasteiger partial charge in [-0.3, -0.25) is 0 Å². The number of rotatable bonds is 1. The number of aliphatic hydroxyl groups is 1. The number of nitrogens with one attached hydrogen (secondary N) is 1. The number of benzene rings is 1. The van der Waals surface area contributed by atoms with Gasteiger partial charge >= 0.3 is 6.09 Å². The van der Waals surface area contributed by atoms with Crippen LogP contribution in [-0.2, 0) is 0 Å².